The molecular formula is C16H20N3OS+. The number of amidine groups is 1. The van der Waals surface area contributed by atoms with Crippen molar-refractivity contribution >= 4 is 28.9 Å². The Morgan fingerprint density at radius 2 is 1.90 bits per heavy atom. The normalized spacial score (nSPS) is 22.0. The molecule has 21 heavy (non-hydrogen) atoms. The fourth-order valence-corrected chi connectivity index (χ4v) is 3.39. The fraction of sp³-hybridized carbons (Fsp3) is 0.375. The van der Waals surface area contributed by atoms with Crippen LogP contribution in [-0.4, -0.2) is 49.2 Å². The smallest absolute Gasteiger partial charge is 0.286 e. The number of thioether (sulfide) groups is 1. The number of nitrogens with zero attached hydrogens (tertiary/aromatic N) is 2. The van der Waals surface area contributed by atoms with Crippen LogP contribution in [0.25, 0.3) is 6.08 Å². The fourth-order valence-electron chi connectivity index (χ4n) is 2.43. The van der Waals surface area contributed by atoms with Gasteiger partial charge in [-0.1, -0.05) is 29.8 Å². The SMILES string of the molecule is Cc1ccc(/C=C2/SC(N3CC[NH+](C)CC3)=NC2=O)cc1. The first kappa shape index (κ1) is 14.4. The Balaban J connectivity index is 1.71. The predicted octanol–water partition coefficient (Wildman–Crippen LogP) is 0.796. The predicted molar refractivity (Wildman–Crippen MR) is 87.4 cm³/mol. The van der Waals surface area contributed by atoms with Crippen molar-refractivity contribution in [2.75, 3.05) is 33.2 Å². The van der Waals surface area contributed by atoms with Crippen molar-refractivity contribution in [1.29, 1.82) is 0 Å². The standard InChI is InChI=1S/C16H19N3OS/c1-12-3-5-13(6-4-12)11-14-15(20)17-16(21-14)19-9-7-18(2)8-10-19/h3-6,11H,7-10H2,1-2H3/p+1/b14-11+. The topological polar surface area (TPSA) is 37.1 Å². The van der Waals surface area contributed by atoms with Gasteiger partial charge < -0.3 is 9.80 Å². The highest BCUT2D eigenvalue weighted by Crippen LogP contribution is 2.30. The second-order valence-corrected chi connectivity index (χ2v) is 6.67. The van der Waals surface area contributed by atoms with Gasteiger partial charge >= 0.3 is 0 Å². The third-order valence-corrected chi connectivity index (χ3v) is 4.92. The Morgan fingerprint density at radius 3 is 2.57 bits per heavy atom. The maximum atomic E-state index is 12.1. The van der Waals surface area contributed by atoms with E-state index in [0.717, 1.165) is 41.8 Å². The molecule has 2 aliphatic rings. The highest BCUT2D eigenvalue weighted by Gasteiger charge is 2.28. The molecule has 0 unspecified atom stereocenters. The average molecular weight is 302 g/mol. The zero-order chi connectivity index (χ0) is 14.8. The summed E-state index contributed by atoms with van der Waals surface area (Å²) in [4.78, 5) is 20.8. The largest absolute Gasteiger partial charge is 0.339 e. The Hall–Kier alpha value is -1.59. The Labute approximate surface area is 129 Å². The van der Waals surface area contributed by atoms with Gasteiger partial charge in [-0.2, -0.15) is 4.99 Å². The molecule has 110 valence electrons. The van der Waals surface area contributed by atoms with E-state index in [1.54, 1.807) is 0 Å². The van der Waals surface area contributed by atoms with Crippen LogP contribution in [0.5, 0.6) is 0 Å². The lowest BCUT2D eigenvalue weighted by molar-refractivity contribution is -0.883. The summed E-state index contributed by atoms with van der Waals surface area (Å²) in [5.74, 6) is -0.109. The minimum absolute atomic E-state index is 0.109. The summed E-state index contributed by atoms with van der Waals surface area (Å²) in [6, 6.07) is 8.18. The molecule has 0 aliphatic carbocycles. The van der Waals surface area contributed by atoms with Crippen LogP contribution in [0.4, 0.5) is 0 Å². The van der Waals surface area contributed by atoms with Gasteiger partial charge in [-0.15, -0.1) is 0 Å². The van der Waals surface area contributed by atoms with Gasteiger partial charge in [0.2, 0.25) is 0 Å². The van der Waals surface area contributed by atoms with E-state index in [0.29, 0.717) is 0 Å². The number of piperazine rings is 1. The number of hydrogen-bond donors (Lipinski definition) is 1. The summed E-state index contributed by atoms with van der Waals surface area (Å²) < 4.78 is 0. The van der Waals surface area contributed by atoms with Crippen molar-refractivity contribution in [3.8, 4) is 0 Å². The van der Waals surface area contributed by atoms with Crippen molar-refractivity contribution in [1.82, 2.24) is 4.90 Å². The Kier molecular flexibility index (Phi) is 4.12. The van der Waals surface area contributed by atoms with Crippen molar-refractivity contribution < 1.29 is 9.69 Å². The number of carbonyl (C=O) groups is 1. The first-order valence-corrected chi connectivity index (χ1v) is 8.09. The summed E-state index contributed by atoms with van der Waals surface area (Å²) in [6.07, 6.45) is 1.93. The molecule has 0 saturated carbocycles. The van der Waals surface area contributed by atoms with Gasteiger partial charge in [0.15, 0.2) is 5.17 Å². The van der Waals surface area contributed by atoms with E-state index in [-0.39, 0.29) is 5.91 Å². The minimum atomic E-state index is -0.109. The molecule has 3 rings (SSSR count). The maximum absolute atomic E-state index is 12.1. The average Bonchev–Trinajstić information content (AvgIpc) is 2.83. The van der Waals surface area contributed by atoms with E-state index in [2.05, 4.69) is 36.0 Å². The molecule has 4 nitrogen and oxygen atoms in total. The van der Waals surface area contributed by atoms with Gasteiger partial charge in [-0.05, 0) is 30.3 Å². The quantitative estimate of drug-likeness (QED) is 0.780. The first-order chi connectivity index (χ1) is 10.1. The summed E-state index contributed by atoms with van der Waals surface area (Å²) >= 11 is 1.50. The molecule has 1 aromatic carbocycles. The maximum Gasteiger partial charge on any atom is 0.286 e. The molecule has 0 atom stereocenters. The molecule has 0 radical (unpaired) electrons. The molecule has 0 aromatic heterocycles. The molecular weight excluding hydrogens is 282 g/mol. The van der Waals surface area contributed by atoms with Gasteiger partial charge in [0.25, 0.3) is 5.91 Å². The van der Waals surface area contributed by atoms with Crippen LogP contribution in [0.15, 0.2) is 34.2 Å². The number of rotatable bonds is 1. The van der Waals surface area contributed by atoms with E-state index in [1.165, 1.54) is 22.2 Å². The number of hydrogen-bond acceptors (Lipinski definition) is 3. The van der Waals surface area contributed by atoms with Gasteiger partial charge in [0.05, 0.1) is 38.1 Å². The van der Waals surface area contributed by atoms with Crippen molar-refractivity contribution in [2.45, 2.75) is 6.92 Å². The first-order valence-electron chi connectivity index (χ1n) is 7.27. The van der Waals surface area contributed by atoms with Crippen LogP contribution < -0.4 is 4.90 Å². The van der Waals surface area contributed by atoms with Crippen molar-refractivity contribution in [3.05, 3.63) is 40.3 Å². The lowest BCUT2D eigenvalue weighted by Gasteiger charge is -2.30. The molecule has 0 bridgehead atoms. The van der Waals surface area contributed by atoms with Crippen LogP contribution in [0.2, 0.25) is 0 Å². The number of quaternary nitrogens is 1. The molecule has 5 heteroatoms. The van der Waals surface area contributed by atoms with E-state index < -0.39 is 0 Å². The molecule has 1 aromatic rings. The third kappa shape index (κ3) is 3.36. The van der Waals surface area contributed by atoms with E-state index >= 15 is 0 Å². The van der Waals surface area contributed by atoms with E-state index in [9.17, 15) is 4.79 Å². The number of likely N-dealkylation sites (N-methyl/N-ethyl adjacent to an activating group) is 1. The van der Waals surface area contributed by atoms with E-state index in [1.807, 2.05) is 18.2 Å². The minimum Gasteiger partial charge on any atom is -0.339 e. The molecule has 0 spiro atoms. The van der Waals surface area contributed by atoms with Crippen molar-refractivity contribution in [2.24, 2.45) is 4.99 Å². The summed E-state index contributed by atoms with van der Waals surface area (Å²) in [5.41, 5.74) is 2.27. The molecule has 1 N–H and O–H groups in total. The van der Waals surface area contributed by atoms with Crippen molar-refractivity contribution in [3.63, 3.8) is 0 Å². The number of aryl methyl sites for hydroxylation is 1. The lowest BCUT2D eigenvalue weighted by atomic mass is 10.1. The molecule has 1 amide bonds. The monoisotopic (exact) mass is 302 g/mol. The van der Waals surface area contributed by atoms with Gasteiger partial charge in [0.1, 0.15) is 0 Å². The Morgan fingerprint density at radius 1 is 1.24 bits per heavy atom. The zero-order valence-corrected chi connectivity index (χ0v) is 13.2. The molecule has 2 aliphatic heterocycles. The van der Waals surface area contributed by atoms with Crippen LogP contribution in [0.1, 0.15) is 11.1 Å². The second-order valence-electron chi connectivity index (χ2n) is 5.67. The number of amides is 1. The second kappa shape index (κ2) is 6.03. The number of nitrogens with one attached hydrogen (secondary N) is 1. The van der Waals surface area contributed by atoms with Gasteiger partial charge in [0, 0.05) is 0 Å². The number of aliphatic imine (C=N–C) groups is 1. The highest BCUT2D eigenvalue weighted by molar-refractivity contribution is 8.18. The summed E-state index contributed by atoms with van der Waals surface area (Å²) in [7, 11) is 2.20. The van der Waals surface area contributed by atoms with Crippen LogP contribution in [0.3, 0.4) is 0 Å². The number of benzene rings is 1. The van der Waals surface area contributed by atoms with Gasteiger partial charge in [-0.25, -0.2) is 0 Å². The third-order valence-electron chi connectivity index (χ3n) is 3.87. The Bertz CT molecular complexity index is 598. The zero-order valence-electron chi connectivity index (χ0n) is 12.4. The summed E-state index contributed by atoms with van der Waals surface area (Å²) in [6.45, 7) is 6.21. The number of carbonyl (C=O) groups excluding carboxylic acids is 1. The molecule has 1 saturated heterocycles. The van der Waals surface area contributed by atoms with Gasteiger partial charge in [-0.3, -0.25) is 4.79 Å². The molecule has 2 heterocycles. The lowest BCUT2D eigenvalue weighted by Crippen LogP contribution is -3.12. The molecule has 1 fully saturated rings. The van der Waals surface area contributed by atoms with E-state index in [4.69, 9.17) is 0 Å². The van der Waals surface area contributed by atoms with Crippen LogP contribution >= 0.6 is 11.8 Å². The summed E-state index contributed by atoms with van der Waals surface area (Å²) in [5, 5.41) is 0.867. The van der Waals surface area contributed by atoms with Crippen LogP contribution in [-0.2, 0) is 4.79 Å². The van der Waals surface area contributed by atoms with Crippen LogP contribution in [0, 0.1) is 6.92 Å². The highest BCUT2D eigenvalue weighted by atomic mass is 32.2.